The molecule has 0 bridgehead atoms. The van der Waals surface area contributed by atoms with Gasteiger partial charge in [-0.25, -0.2) is 14.8 Å². The number of benzene rings is 3. The Hall–Kier alpha value is -4.46. The van der Waals surface area contributed by atoms with Gasteiger partial charge in [0.15, 0.2) is 0 Å². The van der Waals surface area contributed by atoms with Crippen LogP contribution >= 0.6 is 0 Å². The lowest BCUT2D eigenvalue weighted by Crippen LogP contribution is -2.23. The Bertz CT molecular complexity index is 1370. The number of amides is 1. The van der Waals surface area contributed by atoms with Gasteiger partial charge in [0, 0.05) is 30.2 Å². The van der Waals surface area contributed by atoms with Crippen LogP contribution in [-0.2, 0) is 11.3 Å². The van der Waals surface area contributed by atoms with E-state index in [4.69, 9.17) is 9.47 Å². The van der Waals surface area contributed by atoms with E-state index in [9.17, 15) is 9.59 Å². The molecule has 0 aliphatic carbocycles. The molecule has 0 aliphatic rings. The number of nitrogens with zero attached hydrogens (tertiary/aromatic N) is 3. The first kappa shape index (κ1) is 23.7. The van der Waals surface area contributed by atoms with Crippen LogP contribution < -0.4 is 15.0 Å². The molecule has 178 valence electrons. The monoisotopic (exact) mass is 470 g/mol. The van der Waals surface area contributed by atoms with Gasteiger partial charge < -0.3 is 19.7 Å². The lowest BCUT2D eigenvalue weighted by atomic mass is 10.1. The normalized spacial score (nSPS) is 10.6. The minimum Gasteiger partial charge on any atom is -0.497 e. The molecule has 0 saturated carbocycles. The zero-order valence-corrected chi connectivity index (χ0v) is 20.0. The Kier molecular flexibility index (Phi) is 6.91. The minimum atomic E-state index is -0.397. The molecule has 1 aromatic heterocycles. The lowest BCUT2D eigenvalue weighted by molar-refractivity contribution is 0.0600. The molecule has 35 heavy (non-hydrogen) atoms. The van der Waals surface area contributed by atoms with E-state index >= 15 is 0 Å². The first-order valence-corrected chi connectivity index (χ1v) is 11.0. The summed E-state index contributed by atoms with van der Waals surface area (Å²) >= 11 is 0. The second kappa shape index (κ2) is 10.2. The molecule has 0 aliphatic heterocycles. The second-order valence-electron chi connectivity index (χ2n) is 7.95. The Morgan fingerprint density at radius 1 is 0.914 bits per heavy atom. The first-order chi connectivity index (χ1) is 16.9. The van der Waals surface area contributed by atoms with Gasteiger partial charge in [0.05, 0.1) is 25.3 Å². The molecule has 8 nitrogen and oxygen atoms in total. The number of rotatable bonds is 7. The summed E-state index contributed by atoms with van der Waals surface area (Å²) in [7, 11) is 4.91. The Labute approximate surface area is 203 Å². The number of hydrogen-bond donors (Lipinski definition) is 1. The van der Waals surface area contributed by atoms with Crippen molar-refractivity contribution in [1.82, 2.24) is 15.3 Å². The number of aromatic nitrogens is 2. The van der Waals surface area contributed by atoms with Crippen molar-refractivity contribution in [2.24, 2.45) is 0 Å². The highest BCUT2D eigenvalue weighted by Crippen LogP contribution is 2.30. The number of ether oxygens (including phenoxy) is 2. The highest BCUT2D eigenvalue weighted by atomic mass is 16.5. The summed E-state index contributed by atoms with van der Waals surface area (Å²) in [6, 6.07) is 20.0. The largest absolute Gasteiger partial charge is 0.497 e. The van der Waals surface area contributed by atoms with E-state index in [-0.39, 0.29) is 5.91 Å². The summed E-state index contributed by atoms with van der Waals surface area (Å²) in [6.07, 6.45) is 0. The second-order valence-corrected chi connectivity index (χ2v) is 7.95. The number of methoxy groups -OCH3 is 2. The van der Waals surface area contributed by atoms with Crippen LogP contribution in [0.1, 0.15) is 32.1 Å². The van der Waals surface area contributed by atoms with Crippen molar-refractivity contribution in [1.29, 1.82) is 0 Å². The Balaban J connectivity index is 1.54. The molecular formula is C27H26N4O4. The molecule has 0 radical (unpaired) electrons. The average Bonchev–Trinajstić information content (AvgIpc) is 2.90. The van der Waals surface area contributed by atoms with Crippen LogP contribution in [0, 0.1) is 6.92 Å². The molecule has 0 atom stereocenters. The van der Waals surface area contributed by atoms with Gasteiger partial charge in [0.2, 0.25) is 0 Å². The minimum absolute atomic E-state index is 0.217. The molecule has 0 fully saturated rings. The average molecular weight is 471 g/mol. The van der Waals surface area contributed by atoms with Crippen molar-refractivity contribution >= 4 is 34.3 Å². The summed E-state index contributed by atoms with van der Waals surface area (Å²) < 4.78 is 9.95. The van der Waals surface area contributed by atoms with E-state index in [1.807, 2.05) is 49.2 Å². The third-order valence-electron chi connectivity index (χ3n) is 5.66. The Morgan fingerprint density at radius 3 is 2.26 bits per heavy atom. The zero-order valence-electron chi connectivity index (χ0n) is 20.0. The fourth-order valence-electron chi connectivity index (χ4n) is 3.71. The fraction of sp³-hybridized carbons (Fsp3) is 0.185. The number of hydrogen-bond acceptors (Lipinski definition) is 7. The number of carbonyl (C=O) groups excluding carboxylic acids is 2. The number of aryl methyl sites for hydroxylation is 1. The van der Waals surface area contributed by atoms with E-state index in [0.717, 1.165) is 28.2 Å². The fourth-order valence-corrected chi connectivity index (χ4v) is 3.71. The van der Waals surface area contributed by atoms with Gasteiger partial charge in [0.25, 0.3) is 5.91 Å². The molecule has 8 heteroatoms. The van der Waals surface area contributed by atoms with Crippen molar-refractivity contribution in [3.05, 3.63) is 89.2 Å². The zero-order chi connectivity index (χ0) is 24.9. The SMILES string of the molecule is COC(=O)c1ccc(CNC(=O)c2ccc3c(N(C)c4ccc(OC)cc4)nc(C)nc3c2)cc1. The van der Waals surface area contributed by atoms with E-state index in [1.165, 1.54) is 7.11 Å². The van der Waals surface area contributed by atoms with Crippen molar-refractivity contribution in [2.45, 2.75) is 13.5 Å². The van der Waals surface area contributed by atoms with Crippen LogP contribution in [0.4, 0.5) is 11.5 Å². The van der Waals surface area contributed by atoms with Crippen LogP contribution in [0.15, 0.2) is 66.7 Å². The van der Waals surface area contributed by atoms with Gasteiger partial charge >= 0.3 is 5.97 Å². The van der Waals surface area contributed by atoms with Gasteiger partial charge in [-0.05, 0) is 67.1 Å². The van der Waals surface area contributed by atoms with E-state index in [2.05, 4.69) is 15.3 Å². The molecule has 1 N–H and O–H groups in total. The third-order valence-corrected chi connectivity index (χ3v) is 5.66. The van der Waals surface area contributed by atoms with E-state index in [1.54, 1.807) is 43.5 Å². The number of nitrogens with one attached hydrogen (secondary N) is 1. The standard InChI is InChI=1S/C27H26N4O4/c1-17-29-24-15-20(26(32)28-16-18-5-7-19(8-6-18)27(33)35-4)9-14-23(24)25(30-17)31(2)21-10-12-22(34-3)13-11-21/h5-15H,16H2,1-4H3,(H,28,32). The van der Waals surface area contributed by atoms with Crippen molar-refractivity contribution in [3.8, 4) is 5.75 Å². The van der Waals surface area contributed by atoms with E-state index in [0.29, 0.717) is 29.0 Å². The molecule has 4 aromatic rings. The van der Waals surface area contributed by atoms with E-state index < -0.39 is 5.97 Å². The van der Waals surface area contributed by atoms with Gasteiger partial charge in [-0.15, -0.1) is 0 Å². The number of esters is 1. The van der Waals surface area contributed by atoms with Crippen LogP contribution in [0.3, 0.4) is 0 Å². The van der Waals surface area contributed by atoms with Crippen molar-refractivity contribution in [3.63, 3.8) is 0 Å². The van der Waals surface area contributed by atoms with Gasteiger partial charge in [-0.3, -0.25) is 4.79 Å². The molecule has 0 spiro atoms. The van der Waals surface area contributed by atoms with Crippen molar-refractivity contribution < 1.29 is 19.1 Å². The van der Waals surface area contributed by atoms with Crippen LogP contribution in [-0.4, -0.2) is 43.1 Å². The maximum Gasteiger partial charge on any atom is 0.337 e. The molecule has 1 heterocycles. The van der Waals surface area contributed by atoms with Gasteiger partial charge in [-0.1, -0.05) is 12.1 Å². The summed E-state index contributed by atoms with van der Waals surface area (Å²) in [6.45, 7) is 2.15. The molecular weight excluding hydrogens is 444 g/mol. The van der Waals surface area contributed by atoms with Crippen LogP contribution in [0.5, 0.6) is 5.75 Å². The van der Waals surface area contributed by atoms with Gasteiger partial charge in [-0.2, -0.15) is 0 Å². The van der Waals surface area contributed by atoms with Crippen molar-refractivity contribution in [2.75, 3.05) is 26.2 Å². The predicted octanol–water partition coefficient (Wildman–Crippen LogP) is 4.43. The smallest absolute Gasteiger partial charge is 0.337 e. The number of anilines is 2. The van der Waals surface area contributed by atoms with Crippen LogP contribution in [0.25, 0.3) is 10.9 Å². The highest BCUT2D eigenvalue weighted by Gasteiger charge is 2.15. The molecule has 3 aromatic carbocycles. The maximum absolute atomic E-state index is 12.8. The highest BCUT2D eigenvalue weighted by molar-refractivity contribution is 6.00. The summed E-state index contributed by atoms with van der Waals surface area (Å²) in [4.78, 5) is 35.6. The molecule has 0 saturated heterocycles. The lowest BCUT2D eigenvalue weighted by Gasteiger charge is -2.21. The predicted molar refractivity (Wildman–Crippen MR) is 134 cm³/mol. The summed E-state index contributed by atoms with van der Waals surface area (Å²) in [5.74, 6) is 1.52. The molecule has 4 rings (SSSR count). The summed E-state index contributed by atoms with van der Waals surface area (Å²) in [5.41, 5.74) is 3.46. The first-order valence-electron chi connectivity index (χ1n) is 11.0. The quantitative estimate of drug-likeness (QED) is 0.399. The molecule has 1 amide bonds. The Morgan fingerprint density at radius 2 is 1.60 bits per heavy atom. The molecule has 0 unspecified atom stereocenters. The van der Waals surface area contributed by atoms with Crippen LogP contribution in [0.2, 0.25) is 0 Å². The van der Waals surface area contributed by atoms with Gasteiger partial charge in [0.1, 0.15) is 17.4 Å². The topological polar surface area (TPSA) is 93.7 Å². The maximum atomic E-state index is 12.8. The number of fused-ring (bicyclic) bond motifs is 1. The number of carbonyl (C=O) groups is 2. The third kappa shape index (κ3) is 5.22. The summed E-state index contributed by atoms with van der Waals surface area (Å²) in [5, 5.41) is 3.75.